The summed E-state index contributed by atoms with van der Waals surface area (Å²) < 4.78 is 27.1. The summed E-state index contributed by atoms with van der Waals surface area (Å²) in [6.07, 6.45) is 1.41. The Morgan fingerprint density at radius 1 is 1.26 bits per heavy atom. The predicted molar refractivity (Wildman–Crippen MR) is 74.6 cm³/mol. The van der Waals surface area contributed by atoms with E-state index in [4.69, 9.17) is 0 Å². The SMILES string of the molecule is Cc1cc(C)c(S(=O)(=O)NCC(O)C2CC2)c(C)c1. The van der Waals surface area contributed by atoms with Crippen LogP contribution in [0.5, 0.6) is 0 Å². The summed E-state index contributed by atoms with van der Waals surface area (Å²) in [5.41, 5.74) is 2.53. The molecule has 1 aliphatic carbocycles. The van der Waals surface area contributed by atoms with Crippen LogP contribution in [-0.4, -0.2) is 26.2 Å². The Kier molecular flexibility index (Phi) is 3.99. The van der Waals surface area contributed by atoms with Gasteiger partial charge in [-0.2, -0.15) is 0 Å². The van der Waals surface area contributed by atoms with Crippen molar-refractivity contribution in [1.29, 1.82) is 0 Å². The molecule has 1 fully saturated rings. The molecule has 1 aromatic rings. The topological polar surface area (TPSA) is 66.4 Å². The molecule has 0 heterocycles. The van der Waals surface area contributed by atoms with Crippen LogP contribution in [0.2, 0.25) is 0 Å². The second-order valence-electron chi connectivity index (χ2n) is 5.48. The first kappa shape index (κ1) is 14.5. The number of sulfonamides is 1. The van der Waals surface area contributed by atoms with Gasteiger partial charge in [-0.15, -0.1) is 0 Å². The van der Waals surface area contributed by atoms with Crippen LogP contribution in [0.4, 0.5) is 0 Å². The first-order valence-electron chi connectivity index (χ1n) is 6.57. The second kappa shape index (κ2) is 5.23. The number of aliphatic hydroxyl groups excluding tert-OH is 1. The van der Waals surface area contributed by atoms with Crippen molar-refractivity contribution in [3.8, 4) is 0 Å². The molecule has 0 saturated heterocycles. The fourth-order valence-corrected chi connectivity index (χ4v) is 4.01. The van der Waals surface area contributed by atoms with Gasteiger partial charge in [-0.3, -0.25) is 0 Å². The molecule has 0 spiro atoms. The van der Waals surface area contributed by atoms with E-state index in [0.717, 1.165) is 29.5 Å². The molecule has 5 heteroatoms. The lowest BCUT2D eigenvalue weighted by molar-refractivity contribution is 0.155. The van der Waals surface area contributed by atoms with Crippen LogP contribution in [-0.2, 0) is 10.0 Å². The molecule has 1 unspecified atom stereocenters. The van der Waals surface area contributed by atoms with Crippen LogP contribution in [0.25, 0.3) is 0 Å². The lowest BCUT2D eigenvalue weighted by Crippen LogP contribution is -2.33. The summed E-state index contributed by atoms with van der Waals surface area (Å²) in [7, 11) is -3.55. The van der Waals surface area contributed by atoms with Crippen molar-refractivity contribution < 1.29 is 13.5 Å². The van der Waals surface area contributed by atoms with E-state index in [1.54, 1.807) is 13.8 Å². The van der Waals surface area contributed by atoms with Crippen molar-refractivity contribution in [1.82, 2.24) is 4.72 Å². The van der Waals surface area contributed by atoms with Gasteiger partial charge in [-0.05, 0) is 50.7 Å². The Hall–Kier alpha value is -0.910. The molecule has 0 aliphatic heterocycles. The molecular weight excluding hydrogens is 262 g/mol. The highest BCUT2D eigenvalue weighted by Gasteiger charge is 2.31. The lowest BCUT2D eigenvalue weighted by Gasteiger charge is -2.15. The highest BCUT2D eigenvalue weighted by atomic mass is 32.2. The van der Waals surface area contributed by atoms with Crippen LogP contribution in [0.1, 0.15) is 29.5 Å². The molecule has 1 aromatic carbocycles. The smallest absolute Gasteiger partial charge is 0.241 e. The Balaban J connectivity index is 2.19. The minimum Gasteiger partial charge on any atom is -0.391 e. The standard InChI is InChI=1S/C14H21NO3S/c1-9-6-10(2)14(11(3)7-9)19(17,18)15-8-13(16)12-4-5-12/h6-7,12-13,15-16H,4-5,8H2,1-3H3. The zero-order valence-electron chi connectivity index (χ0n) is 11.6. The molecule has 0 bridgehead atoms. The van der Waals surface area contributed by atoms with Crippen molar-refractivity contribution in [3.05, 3.63) is 28.8 Å². The molecule has 19 heavy (non-hydrogen) atoms. The van der Waals surface area contributed by atoms with E-state index in [9.17, 15) is 13.5 Å². The number of aryl methyl sites for hydroxylation is 3. The van der Waals surface area contributed by atoms with E-state index >= 15 is 0 Å². The second-order valence-corrected chi connectivity index (χ2v) is 7.19. The molecule has 106 valence electrons. The number of rotatable bonds is 5. The third-order valence-electron chi connectivity index (χ3n) is 3.52. The maximum absolute atomic E-state index is 12.3. The van der Waals surface area contributed by atoms with E-state index in [-0.39, 0.29) is 12.5 Å². The molecule has 1 atom stereocenters. The Labute approximate surface area is 114 Å². The van der Waals surface area contributed by atoms with Crippen LogP contribution >= 0.6 is 0 Å². The minimum absolute atomic E-state index is 0.0970. The highest BCUT2D eigenvalue weighted by molar-refractivity contribution is 7.89. The number of aliphatic hydroxyl groups is 1. The van der Waals surface area contributed by atoms with E-state index in [1.807, 2.05) is 19.1 Å². The molecule has 2 N–H and O–H groups in total. The summed E-state index contributed by atoms with van der Waals surface area (Å²) in [5, 5.41) is 9.75. The molecule has 1 saturated carbocycles. The van der Waals surface area contributed by atoms with Gasteiger partial charge in [0.15, 0.2) is 0 Å². The van der Waals surface area contributed by atoms with Gasteiger partial charge in [0.2, 0.25) is 10.0 Å². The van der Waals surface area contributed by atoms with Gasteiger partial charge < -0.3 is 5.11 Å². The molecule has 4 nitrogen and oxygen atoms in total. The van der Waals surface area contributed by atoms with Gasteiger partial charge in [0, 0.05) is 6.54 Å². The zero-order chi connectivity index (χ0) is 14.2. The predicted octanol–water partition coefficient (Wildman–Crippen LogP) is 1.66. The minimum atomic E-state index is -3.55. The number of benzene rings is 1. The molecule has 0 aromatic heterocycles. The van der Waals surface area contributed by atoms with E-state index in [2.05, 4.69) is 4.72 Å². The fourth-order valence-electron chi connectivity index (χ4n) is 2.51. The highest BCUT2D eigenvalue weighted by Crippen LogP contribution is 2.32. The summed E-state index contributed by atoms with van der Waals surface area (Å²) in [5.74, 6) is 0.267. The summed E-state index contributed by atoms with van der Waals surface area (Å²) in [6.45, 7) is 5.64. The van der Waals surface area contributed by atoms with Gasteiger partial charge in [0.1, 0.15) is 0 Å². The van der Waals surface area contributed by atoms with Crippen molar-refractivity contribution in [2.24, 2.45) is 5.92 Å². The van der Waals surface area contributed by atoms with Crippen molar-refractivity contribution in [3.63, 3.8) is 0 Å². The first-order chi connectivity index (χ1) is 8.81. The fraction of sp³-hybridized carbons (Fsp3) is 0.571. The molecule has 0 radical (unpaired) electrons. The van der Waals surface area contributed by atoms with E-state index in [1.165, 1.54) is 0 Å². The van der Waals surface area contributed by atoms with Crippen LogP contribution in [0, 0.1) is 26.7 Å². The lowest BCUT2D eigenvalue weighted by atomic mass is 10.1. The molecule has 2 rings (SSSR count). The normalized spacial score (nSPS) is 17.5. The molecule has 1 aliphatic rings. The van der Waals surface area contributed by atoms with Gasteiger partial charge in [0.05, 0.1) is 11.0 Å². The Morgan fingerprint density at radius 3 is 2.26 bits per heavy atom. The Bertz CT molecular complexity index is 553. The maximum Gasteiger partial charge on any atom is 0.241 e. The summed E-state index contributed by atoms with van der Waals surface area (Å²) in [6, 6.07) is 3.72. The van der Waals surface area contributed by atoms with Gasteiger partial charge >= 0.3 is 0 Å². The average Bonchev–Trinajstić information content (AvgIpc) is 3.07. The largest absolute Gasteiger partial charge is 0.391 e. The van der Waals surface area contributed by atoms with Crippen molar-refractivity contribution >= 4 is 10.0 Å². The zero-order valence-corrected chi connectivity index (χ0v) is 12.4. The van der Waals surface area contributed by atoms with E-state index in [0.29, 0.717) is 4.90 Å². The number of hydrogen-bond donors (Lipinski definition) is 2. The molecular formula is C14H21NO3S. The third-order valence-corrected chi connectivity index (χ3v) is 5.25. The van der Waals surface area contributed by atoms with Crippen molar-refractivity contribution in [2.75, 3.05) is 6.54 Å². The number of hydrogen-bond acceptors (Lipinski definition) is 3. The van der Waals surface area contributed by atoms with Gasteiger partial charge in [0.25, 0.3) is 0 Å². The van der Waals surface area contributed by atoms with Crippen LogP contribution in [0.15, 0.2) is 17.0 Å². The van der Waals surface area contributed by atoms with Gasteiger partial charge in [-0.1, -0.05) is 17.7 Å². The average molecular weight is 283 g/mol. The van der Waals surface area contributed by atoms with Crippen LogP contribution < -0.4 is 4.72 Å². The monoisotopic (exact) mass is 283 g/mol. The van der Waals surface area contributed by atoms with Gasteiger partial charge in [-0.25, -0.2) is 13.1 Å². The maximum atomic E-state index is 12.3. The Morgan fingerprint density at radius 2 is 1.79 bits per heavy atom. The summed E-state index contributed by atoms with van der Waals surface area (Å²) >= 11 is 0. The molecule has 0 amide bonds. The number of nitrogens with one attached hydrogen (secondary N) is 1. The van der Waals surface area contributed by atoms with Crippen molar-refractivity contribution in [2.45, 2.75) is 44.6 Å². The summed E-state index contributed by atoms with van der Waals surface area (Å²) in [4.78, 5) is 0.334. The van der Waals surface area contributed by atoms with Crippen LogP contribution in [0.3, 0.4) is 0 Å². The third kappa shape index (κ3) is 3.35. The quantitative estimate of drug-likeness (QED) is 0.863. The first-order valence-corrected chi connectivity index (χ1v) is 8.05. The van der Waals surface area contributed by atoms with E-state index < -0.39 is 16.1 Å².